The Morgan fingerprint density at radius 1 is 0.739 bits per heavy atom. The predicted octanol–water partition coefficient (Wildman–Crippen LogP) is 4.64. The van der Waals surface area contributed by atoms with Crippen LogP contribution in [0, 0.1) is 0 Å². The molecule has 0 bridgehead atoms. The fourth-order valence-electron chi connectivity index (χ4n) is 3.02. The average Bonchev–Trinajstić information content (AvgIpc) is 2.50. The molecule has 0 amide bonds. The van der Waals surface area contributed by atoms with Crippen molar-refractivity contribution in [3.63, 3.8) is 0 Å². The summed E-state index contributed by atoms with van der Waals surface area (Å²) in [7, 11) is 0. The smallest absolute Gasteiger partial charge is 0.114 e. The maximum Gasteiger partial charge on any atom is 0.114 e. The lowest BCUT2D eigenvalue weighted by atomic mass is 10.1. The Morgan fingerprint density at radius 2 is 1.17 bits per heavy atom. The molecule has 23 heavy (non-hydrogen) atoms. The largest absolute Gasteiger partial charge is 0.379 e. The number of nitrogens with zero attached hydrogens (tertiary/aromatic N) is 1. The first-order valence-electron chi connectivity index (χ1n) is 9.79. The quantitative estimate of drug-likeness (QED) is 0.319. The summed E-state index contributed by atoms with van der Waals surface area (Å²) >= 11 is 0. The van der Waals surface area contributed by atoms with E-state index < -0.39 is 12.5 Å². The van der Waals surface area contributed by atoms with Gasteiger partial charge in [-0.25, -0.2) is 4.90 Å². The maximum atomic E-state index is 9.75. The third-order valence-electron chi connectivity index (χ3n) is 4.35. The van der Waals surface area contributed by atoms with Crippen LogP contribution in [0.4, 0.5) is 0 Å². The van der Waals surface area contributed by atoms with Crippen LogP contribution in [-0.4, -0.2) is 40.4 Å². The first kappa shape index (κ1) is 22.8. The van der Waals surface area contributed by atoms with Gasteiger partial charge in [-0.05, 0) is 26.7 Å². The Balaban J connectivity index is 3.61. The Labute approximate surface area is 144 Å². The van der Waals surface area contributed by atoms with Crippen LogP contribution in [0.3, 0.4) is 0 Å². The van der Waals surface area contributed by atoms with Gasteiger partial charge in [0.25, 0.3) is 0 Å². The molecule has 0 aliphatic heterocycles. The lowest BCUT2D eigenvalue weighted by Crippen LogP contribution is -2.48. The minimum absolute atomic E-state index is 0.214. The molecule has 140 valence electrons. The van der Waals surface area contributed by atoms with Crippen molar-refractivity contribution in [3.05, 3.63) is 0 Å². The third kappa shape index (κ3) is 11.9. The molecule has 4 nitrogen and oxygen atoms in total. The zero-order valence-electron chi connectivity index (χ0n) is 16.0. The van der Waals surface area contributed by atoms with Gasteiger partial charge in [0.15, 0.2) is 0 Å². The Bertz CT molecular complexity index is 239. The van der Waals surface area contributed by atoms with E-state index >= 15 is 0 Å². The number of ether oxygens (including phenoxy) is 1. The molecule has 0 rings (SSSR count). The fraction of sp³-hybridized carbons (Fsp3) is 1.00. The first-order chi connectivity index (χ1) is 11.0. The number of aliphatic hydroxyl groups is 2. The van der Waals surface area contributed by atoms with Crippen molar-refractivity contribution in [1.82, 2.24) is 4.90 Å². The Kier molecular flexibility index (Phi) is 15.3. The molecule has 0 aromatic rings. The summed E-state index contributed by atoms with van der Waals surface area (Å²) in [4.78, 5) is 1.61. The molecule has 0 aliphatic rings. The molecule has 3 unspecified atom stereocenters. The third-order valence-corrected chi connectivity index (χ3v) is 4.35. The van der Waals surface area contributed by atoms with Gasteiger partial charge in [-0.3, -0.25) is 0 Å². The van der Waals surface area contributed by atoms with Crippen molar-refractivity contribution in [2.75, 3.05) is 6.61 Å². The molecule has 0 saturated heterocycles. The first-order valence-corrected chi connectivity index (χ1v) is 9.79. The van der Waals surface area contributed by atoms with Crippen molar-refractivity contribution in [1.29, 1.82) is 0 Å². The van der Waals surface area contributed by atoms with Crippen molar-refractivity contribution < 1.29 is 14.9 Å². The minimum Gasteiger partial charge on any atom is -0.379 e. The predicted molar refractivity (Wildman–Crippen MR) is 97.1 cm³/mol. The molecule has 4 heteroatoms. The van der Waals surface area contributed by atoms with E-state index in [0.717, 1.165) is 12.8 Å². The second-order valence-corrected chi connectivity index (χ2v) is 6.63. The van der Waals surface area contributed by atoms with Crippen LogP contribution in [0.25, 0.3) is 0 Å². The minimum atomic E-state index is -0.701. The van der Waals surface area contributed by atoms with Crippen molar-refractivity contribution in [2.24, 2.45) is 0 Å². The van der Waals surface area contributed by atoms with Crippen LogP contribution in [-0.2, 0) is 4.74 Å². The standard InChI is InChI=1S/C19H41NO3/c1-5-7-8-9-10-11-12-13-14-15-16-23-19(6-2)20(17(3)21)18(4)22/h17-19,21-22H,5-16H2,1-4H3. The molecule has 3 atom stereocenters. The van der Waals surface area contributed by atoms with Gasteiger partial charge in [-0.1, -0.05) is 71.6 Å². The zero-order valence-corrected chi connectivity index (χ0v) is 16.0. The Morgan fingerprint density at radius 3 is 1.57 bits per heavy atom. The highest BCUT2D eigenvalue weighted by atomic mass is 16.5. The second kappa shape index (κ2) is 15.4. The number of rotatable bonds is 16. The molecular formula is C19H41NO3. The van der Waals surface area contributed by atoms with Gasteiger partial charge < -0.3 is 14.9 Å². The van der Waals surface area contributed by atoms with Gasteiger partial charge >= 0.3 is 0 Å². The zero-order chi connectivity index (χ0) is 17.5. The van der Waals surface area contributed by atoms with E-state index in [-0.39, 0.29) is 6.23 Å². The molecular weight excluding hydrogens is 290 g/mol. The average molecular weight is 332 g/mol. The highest BCUT2D eigenvalue weighted by Gasteiger charge is 2.25. The normalized spacial score (nSPS) is 15.8. The van der Waals surface area contributed by atoms with Gasteiger partial charge in [0.1, 0.15) is 18.7 Å². The van der Waals surface area contributed by atoms with Crippen molar-refractivity contribution >= 4 is 0 Å². The van der Waals surface area contributed by atoms with Crippen molar-refractivity contribution in [2.45, 2.75) is 117 Å². The number of aliphatic hydroxyl groups excluding tert-OH is 2. The van der Waals surface area contributed by atoms with E-state index in [1.807, 2.05) is 6.92 Å². The molecule has 0 saturated carbocycles. The van der Waals surface area contributed by atoms with Gasteiger partial charge in [0.2, 0.25) is 0 Å². The summed E-state index contributed by atoms with van der Waals surface area (Å²) in [6, 6.07) is 0. The van der Waals surface area contributed by atoms with E-state index in [1.165, 1.54) is 57.8 Å². The molecule has 0 aliphatic carbocycles. The molecule has 2 N–H and O–H groups in total. The van der Waals surface area contributed by atoms with Gasteiger partial charge in [-0.2, -0.15) is 0 Å². The summed E-state index contributed by atoms with van der Waals surface area (Å²) in [5.41, 5.74) is 0. The lowest BCUT2D eigenvalue weighted by Gasteiger charge is -2.35. The van der Waals surface area contributed by atoms with E-state index in [1.54, 1.807) is 18.7 Å². The lowest BCUT2D eigenvalue weighted by molar-refractivity contribution is -0.187. The van der Waals surface area contributed by atoms with Crippen LogP contribution in [0.5, 0.6) is 0 Å². The summed E-state index contributed by atoms with van der Waals surface area (Å²) in [5.74, 6) is 0. The second-order valence-electron chi connectivity index (χ2n) is 6.63. The van der Waals surface area contributed by atoms with Crippen molar-refractivity contribution in [3.8, 4) is 0 Å². The topological polar surface area (TPSA) is 52.9 Å². The van der Waals surface area contributed by atoms with Crippen LogP contribution in [0.1, 0.15) is 98.3 Å². The monoisotopic (exact) mass is 331 g/mol. The summed E-state index contributed by atoms with van der Waals surface area (Å²) < 4.78 is 5.85. The molecule has 0 aromatic heterocycles. The summed E-state index contributed by atoms with van der Waals surface area (Å²) in [6.45, 7) is 8.30. The summed E-state index contributed by atoms with van der Waals surface area (Å²) in [6.07, 6.45) is 12.2. The van der Waals surface area contributed by atoms with Gasteiger partial charge in [0, 0.05) is 6.61 Å². The van der Waals surface area contributed by atoms with E-state index in [2.05, 4.69) is 6.92 Å². The Hall–Kier alpha value is -0.160. The van der Waals surface area contributed by atoms with E-state index in [4.69, 9.17) is 4.74 Å². The van der Waals surface area contributed by atoms with Crippen LogP contribution in [0.2, 0.25) is 0 Å². The highest BCUT2D eigenvalue weighted by Crippen LogP contribution is 2.14. The molecule has 0 aromatic carbocycles. The van der Waals surface area contributed by atoms with E-state index in [0.29, 0.717) is 6.61 Å². The molecule has 0 spiro atoms. The molecule has 0 heterocycles. The molecule has 0 fully saturated rings. The number of unbranched alkanes of at least 4 members (excludes halogenated alkanes) is 9. The number of hydrogen-bond donors (Lipinski definition) is 2. The van der Waals surface area contributed by atoms with E-state index in [9.17, 15) is 10.2 Å². The fourth-order valence-corrected chi connectivity index (χ4v) is 3.02. The highest BCUT2D eigenvalue weighted by molar-refractivity contribution is 4.64. The van der Waals surface area contributed by atoms with Crippen LogP contribution in [0.15, 0.2) is 0 Å². The van der Waals surface area contributed by atoms with Gasteiger partial charge in [0.05, 0.1) is 0 Å². The maximum absolute atomic E-state index is 9.75. The molecule has 0 radical (unpaired) electrons. The van der Waals surface area contributed by atoms with Crippen LogP contribution < -0.4 is 0 Å². The SMILES string of the molecule is CCCCCCCCCCCCOC(CC)N(C(C)O)C(C)O. The number of hydrogen-bond acceptors (Lipinski definition) is 4. The van der Waals surface area contributed by atoms with Gasteiger partial charge in [-0.15, -0.1) is 0 Å². The summed E-state index contributed by atoms with van der Waals surface area (Å²) in [5, 5.41) is 19.5. The van der Waals surface area contributed by atoms with Crippen LogP contribution >= 0.6 is 0 Å².